The molecule has 8 heavy (non-hydrogen) atoms. The molecule has 0 aromatic rings. The smallest absolute Gasteiger partial charge is 0.225 e. The molecule has 0 spiro atoms. The molecule has 0 heterocycles. The Morgan fingerprint density at radius 2 is 2.12 bits per heavy atom. The summed E-state index contributed by atoms with van der Waals surface area (Å²) in [4.78, 5) is 2.82. The van der Waals surface area contributed by atoms with Crippen LogP contribution in [0.15, 0.2) is 9.93 Å². The number of allylic oxidation sites excluding steroid dienone is 1. The lowest BCUT2D eigenvalue weighted by Crippen LogP contribution is -1.65. The molecular formula is C4H2N2S2. The maximum atomic E-state index is 8.08. The fraction of sp³-hybridized carbons (Fsp3) is 0. The van der Waals surface area contributed by atoms with Crippen LogP contribution in [-0.4, -0.2) is 0 Å². The number of nitrogens with zero attached hydrogens (tertiary/aromatic N) is 2. The van der Waals surface area contributed by atoms with E-state index in [9.17, 15) is 0 Å². The summed E-state index contributed by atoms with van der Waals surface area (Å²) in [7, 11) is 0. The summed E-state index contributed by atoms with van der Waals surface area (Å²) in [6.07, 6.45) is 0. The number of thiol groups is 2. The highest BCUT2D eigenvalue weighted by Gasteiger charge is 1.93. The third kappa shape index (κ3) is 1.92. The van der Waals surface area contributed by atoms with Gasteiger partial charge in [-0.3, -0.25) is 0 Å². The van der Waals surface area contributed by atoms with Gasteiger partial charge in [-0.05, 0) is 0 Å². The molecule has 2 nitrogen and oxygen atoms in total. The van der Waals surface area contributed by atoms with Crippen LogP contribution in [0.2, 0.25) is 0 Å². The fourth-order valence-corrected chi connectivity index (χ4v) is 0.325. The highest BCUT2D eigenvalue weighted by atomic mass is 32.2. The average molecular weight is 142 g/mol. The summed E-state index contributed by atoms with van der Waals surface area (Å²) in [6.45, 7) is 6.34. The number of rotatable bonds is 0. The predicted molar refractivity (Wildman–Crippen MR) is 37.2 cm³/mol. The molecule has 0 atom stereocenters. The van der Waals surface area contributed by atoms with Crippen LogP contribution < -0.4 is 0 Å². The molecule has 0 aliphatic heterocycles. The summed E-state index contributed by atoms with van der Waals surface area (Å²) in [5.41, 5.74) is -0.0725. The van der Waals surface area contributed by atoms with E-state index in [2.05, 4.69) is 30.1 Å². The van der Waals surface area contributed by atoms with Crippen molar-refractivity contribution in [3.63, 3.8) is 0 Å². The largest absolute Gasteiger partial charge is 0.280 e. The minimum atomic E-state index is -0.0725. The van der Waals surface area contributed by atoms with Gasteiger partial charge in [0.05, 0.1) is 16.9 Å². The first-order chi connectivity index (χ1) is 3.72. The quantitative estimate of drug-likeness (QED) is 0.299. The Kier molecular flexibility index (Phi) is 3.18. The summed E-state index contributed by atoms with van der Waals surface area (Å²) in [5, 5.41) is 8.08. The second-order valence-electron chi connectivity index (χ2n) is 0.896. The number of hydrogen-bond donors (Lipinski definition) is 2. The molecule has 0 saturated carbocycles. The Bertz CT molecular complexity index is 173. The summed E-state index contributed by atoms with van der Waals surface area (Å²) in [5.74, 6) is 0. The van der Waals surface area contributed by atoms with Crippen molar-refractivity contribution in [2.75, 3.05) is 0 Å². The molecule has 0 unspecified atom stereocenters. The molecule has 0 bridgehead atoms. The van der Waals surface area contributed by atoms with Crippen molar-refractivity contribution >= 4 is 25.3 Å². The minimum Gasteiger partial charge on any atom is -0.225 e. The molecule has 0 aliphatic rings. The van der Waals surface area contributed by atoms with Crippen molar-refractivity contribution in [1.29, 1.82) is 5.26 Å². The van der Waals surface area contributed by atoms with E-state index in [4.69, 9.17) is 11.8 Å². The zero-order valence-corrected chi connectivity index (χ0v) is 5.58. The van der Waals surface area contributed by atoms with Crippen LogP contribution in [0.4, 0.5) is 0 Å². The van der Waals surface area contributed by atoms with Gasteiger partial charge in [0.2, 0.25) is 0 Å². The monoisotopic (exact) mass is 142 g/mol. The van der Waals surface area contributed by atoms with E-state index in [1.165, 1.54) is 0 Å². The van der Waals surface area contributed by atoms with Crippen LogP contribution in [0.25, 0.3) is 4.85 Å². The topological polar surface area (TPSA) is 28.1 Å². The van der Waals surface area contributed by atoms with Crippen molar-refractivity contribution in [2.45, 2.75) is 0 Å². The first-order valence-electron chi connectivity index (χ1n) is 1.62. The van der Waals surface area contributed by atoms with Gasteiger partial charge in [0, 0.05) is 0 Å². The SMILES string of the molecule is [C-]#[N+]C(C#N)=C(S)S. The predicted octanol–water partition coefficient (Wildman–Crippen LogP) is 1.46. The van der Waals surface area contributed by atoms with Crippen LogP contribution in [0.3, 0.4) is 0 Å². The van der Waals surface area contributed by atoms with E-state index in [0.717, 1.165) is 0 Å². The zero-order valence-electron chi connectivity index (χ0n) is 3.79. The van der Waals surface area contributed by atoms with Crippen molar-refractivity contribution in [2.24, 2.45) is 0 Å². The lowest BCUT2D eigenvalue weighted by atomic mass is 10.6. The van der Waals surface area contributed by atoms with E-state index in [1.807, 2.05) is 0 Å². The fourth-order valence-electron chi connectivity index (χ4n) is 0.125. The molecule has 0 saturated heterocycles. The summed E-state index contributed by atoms with van der Waals surface area (Å²) >= 11 is 7.32. The van der Waals surface area contributed by atoms with E-state index in [1.54, 1.807) is 6.07 Å². The maximum Gasteiger partial charge on any atom is 0.280 e. The first-order valence-corrected chi connectivity index (χ1v) is 2.51. The van der Waals surface area contributed by atoms with Gasteiger partial charge in [-0.2, -0.15) is 0 Å². The molecule has 0 aliphatic carbocycles. The van der Waals surface area contributed by atoms with E-state index < -0.39 is 0 Å². The Labute approximate surface area is 58.4 Å². The Morgan fingerprint density at radius 1 is 1.62 bits per heavy atom. The molecule has 0 rings (SSSR count). The molecular weight excluding hydrogens is 140 g/mol. The van der Waals surface area contributed by atoms with Crippen LogP contribution in [-0.2, 0) is 0 Å². The second kappa shape index (κ2) is 3.43. The molecule has 4 heteroatoms. The van der Waals surface area contributed by atoms with Gasteiger partial charge in [0.15, 0.2) is 0 Å². The van der Waals surface area contributed by atoms with Crippen molar-refractivity contribution < 1.29 is 0 Å². The van der Waals surface area contributed by atoms with E-state index >= 15 is 0 Å². The minimum absolute atomic E-state index is 0.0725. The molecule has 0 aromatic heterocycles. The van der Waals surface area contributed by atoms with Gasteiger partial charge < -0.3 is 0 Å². The van der Waals surface area contributed by atoms with Gasteiger partial charge in [-0.25, -0.2) is 10.1 Å². The summed E-state index contributed by atoms with van der Waals surface area (Å²) in [6, 6.07) is 1.62. The van der Waals surface area contributed by atoms with Crippen LogP contribution in [0.5, 0.6) is 0 Å². The molecule has 0 fully saturated rings. The highest BCUT2D eigenvalue weighted by molar-refractivity contribution is 8.05. The first kappa shape index (κ1) is 7.42. The van der Waals surface area contributed by atoms with Crippen molar-refractivity contribution in [3.05, 3.63) is 21.4 Å². The molecule has 40 valence electrons. The molecule has 0 amide bonds. The van der Waals surface area contributed by atoms with Crippen LogP contribution in [0.1, 0.15) is 0 Å². The zero-order chi connectivity index (χ0) is 6.57. The number of hydrogen-bond acceptors (Lipinski definition) is 3. The highest BCUT2D eigenvalue weighted by Crippen LogP contribution is 2.12. The molecule has 0 aromatic carbocycles. The van der Waals surface area contributed by atoms with Crippen molar-refractivity contribution in [1.82, 2.24) is 0 Å². The van der Waals surface area contributed by atoms with E-state index in [0.29, 0.717) is 0 Å². The average Bonchev–Trinajstić information content (AvgIpc) is 1.69. The second-order valence-corrected chi connectivity index (χ2v) is 2.14. The third-order valence-electron chi connectivity index (χ3n) is 0.430. The van der Waals surface area contributed by atoms with E-state index in [-0.39, 0.29) is 9.93 Å². The Morgan fingerprint density at radius 3 is 2.12 bits per heavy atom. The van der Waals surface area contributed by atoms with Crippen LogP contribution >= 0.6 is 25.3 Å². The maximum absolute atomic E-state index is 8.08. The van der Waals surface area contributed by atoms with Gasteiger partial charge in [0.1, 0.15) is 0 Å². The molecule has 0 radical (unpaired) electrons. The number of nitriles is 1. The lowest BCUT2D eigenvalue weighted by molar-refractivity contribution is 1.50. The van der Waals surface area contributed by atoms with Gasteiger partial charge in [-0.15, -0.1) is 25.3 Å². The summed E-state index contributed by atoms with van der Waals surface area (Å²) < 4.78 is 0.169. The third-order valence-corrected chi connectivity index (χ3v) is 0.853. The van der Waals surface area contributed by atoms with Gasteiger partial charge in [0.25, 0.3) is 5.70 Å². The van der Waals surface area contributed by atoms with Gasteiger partial charge in [-0.1, -0.05) is 0 Å². The standard InChI is InChI=1S/C4H2N2S2/c1-6-3(2-5)4(7)8/h7-8H. The Balaban J connectivity index is 4.47. The normalized spacial score (nSPS) is 6.50. The van der Waals surface area contributed by atoms with Gasteiger partial charge >= 0.3 is 0 Å². The van der Waals surface area contributed by atoms with Crippen molar-refractivity contribution in [3.8, 4) is 6.07 Å². The lowest BCUT2D eigenvalue weighted by Gasteiger charge is -1.80. The Hall–Kier alpha value is -0.580. The van der Waals surface area contributed by atoms with Crippen LogP contribution in [0, 0.1) is 17.9 Å². The molecule has 0 N–H and O–H groups in total.